The lowest BCUT2D eigenvalue weighted by Gasteiger charge is -2.09. The van der Waals surface area contributed by atoms with Crippen LogP contribution in [0.3, 0.4) is 0 Å². The first kappa shape index (κ1) is 13.2. The van der Waals surface area contributed by atoms with Crippen LogP contribution >= 0.6 is 11.3 Å². The molecule has 0 saturated heterocycles. The average Bonchev–Trinajstić information content (AvgIpc) is 2.89. The predicted molar refractivity (Wildman–Crippen MR) is 75.7 cm³/mol. The Morgan fingerprint density at radius 3 is 2.83 bits per heavy atom. The van der Waals surface area contributed by atoms with Gasteiger partial charge in [-0.3, -0.25) is 0 Å². The molecule has 96 valence electrons. The maximum absolute atomic E-state index is 8.75. The van der Waals surface area contributed by atoms with Gasteiger partial charge < -0.3 is 10.4 Å². The van der Waals surface area contributed by atoms with Crippen molar-refractivity contribution >= 4 is 11.3 Å². The van der Waals surface area contributed by atoms with Crippen molar-refractivity contribution in [1.82, 2.24) is 10.3 Å². The third kappa shape index (κ3) is 3.38. The van der Waals surface area contributed by atoms with Crippen LogP contribution in [0.25, 0.3) is 11.3 Å². The van der Waals surface area contributed by atoms with Gasteiger partial charge in [-0.2, -0.15) is 0 Å². The predicted octanol–water partition coefficient (Wildman–Crippen LogP) is 2.84. The summed E-state index contributed by atoms with van der Waals surface area (Å²) in [5.74, 6) is 0. The van der Waals surface area contributed by atoms with E-state index in [1.54, 1.807) is 11.3 Å². The van der Waals surface area contributed by atoms with Gasteiger partial charge in [0.2, 0.25) is 0 Å². The number of benzene rings is 1. The second-order valence-corrected chi connectivity index (χ2v) is 5.08. The number of nitrogens with one attached hydrogen (secondary N) is 1. The Morgan fingerprint density at radius 1 is 1.33 bits per heavy atom. The highest BCUT2D eigenvalue weighted by Crippen LogP contribution is 2.25. The SMILES string of the molecule is CC(NCCCO)c1nc(-c2ccccc2)cs1. The molecule has 2 aromatic rings. The van der Waals surface area contributed by atoms with Crippen molar-refractivity contribution in [3.8, 4) is 11.3 Å². The zero-order valence-electron chi connectivity index (χ0n) is 10.5. The Kier molecular flexibility index (Phi) is 4.87. The molecule has 2 rings (SSSR count). The Hall–Kier alpha value is -1.23. The van der Waals surface area contributed by atoms with Crippen LogP contribution in [0.5, 0.6) is 0 Å². The smallest absolute Gasteiger partial charge is 0.110 e. The van der Waals surface area contributed by atoms with Crippen LogP contribution in [0.1, 0.15) is 24.4 Å². The van der Waals surface area contributed by atoms with Crippen molar-refractivity contribution in [2.75, 3.05) is 13.2 Å². The highest BCUT2D eigenvalue weighted by molar-refractivity contribution is 7.10. The van der Waals surface area contributed by atoms with E-state index in [9.17, 15) is 0 Å². The molecule has 4 heteroatoms. The lowest BCUT2D eigenvalue weighted by atomic mass is 10.2. The van der Waals surface area contributed by atoms with Gasteiger partial charge in [0.15, 0.2) is 0 Å². The molecule has 1 heterocycles. The van der Waals surface area contributed by atoms with E-state index in [1.165, 1.54) is 0 Å². The summed E-state index contributed by atoms with van der Waals surface area (Å²) >= 11 is 1.67. The van der Waals surface area contributed by atoms with Gasteiger partial charge in [0.05, 0.1) is 11.7 Å². The molecule has 1 atom stereocenters. The van der Waals surface area contributed by atoms with Gasteiger partial charge in [-0.25, -0.2) is 4.98 Å². The molecule has 0 fully saturated rings. The van der Waals surface area contributed by atoms with Gasteiger partial charge in [0, 0.05) is 17.6 Å². The summed E-state index contributed by atoms with van der Waals surface area (Å²) < 4.78 is 0. The van der Waals surface area contributed by atoms with Crippen LogP contribution < -0.4 is 5.32 Å². The lowest BCUT2D eigenvalue weighted by molar-refractivity contribution is 0.284. The Morgan fingerprint density at radius 2 is 2.11 bits per heavy atom. The monoisotopic (exact) mass is 262 g/mol. The van der Waals surface area contributed by atoms with Gasteiger partial charge in [-0.05, 0) is 19.9 Å². The summed E-state index contributed by atoms with van der Waals surface area (Å²) in [7, 11) is 0. The summed E-state index contributed by atoms with van der Waals surface area (Å²) in [5, 5.41) is 15.3. The van der Waals surface area contributed by atoms with Crippen LogP contribution in [0, 0.1) is 0 Å². The number of hydrogen-bond donors (Lipinski definition) is 2. The van der Waals surface area contributed by atoms with E-state index in [0.717, 1.165) is 29.2 Å². The summed E-state index contributed by atoms with van der Waals surface area (Å²) in [5.41, 5.74) is 2.19. The zero-order chi connectivity index (χ0) is 12.8. The fourth-order valence-electron chi connectivity index (χ4n) is 1.71. The van der Waals surface area contributed by atoms with Gasteiger partial charge >= 0.3 is 0 Å². The molecule has 0 bridgehead atoms. The standard InChI is InChI=1S/C14H18N2OS/c1-11(15-8-5-9-17)14-16-13(10-18-14)12-6-3-2-4-7-12/h2-4,6-7,10-11,15,17H,5,8-9H2,1H3. The Balaban J connectivity index is 2.02. The molecule has 1 unspecified atom stereocenters. The van der Waals surface area contributed by atoms with E-state index in [-0.39, 0.29) is 12.6 Å². The normalized spacial score (nSPS) is 12.6. The number of aliphatic hydroxyl groups is 1. The molecule has 0 aliphatic rings. The highest BCUT2D eigenvalue weighted by Gasteiger charge is 2.10. The van der Waals surface area contributed by atoms with Gasteiger partial charge in [0.25, 0.3) is 0 Å². The minimum atomic E-state index is 0.229. The molecular formula is C14H18N2OS. The van der Waals surface area contributed by atoms with E-state index in [0.29, 0.717) is 0 Å². The molecule has 0 spiro atoms. The zero-order valence-corrected chi connectivity index (χ0v) is 11.3. The first-order chi connectivity index (χ1) is 8.81. The fourth-order valence-corrected chi connectivity index (χ4v) is 2.57. The van der Waals surface area contributed by atoms with Crippen LogP contribution in [-0.2, 0) is 0 Å². The van der Waals surface area contributed by atoms with E-state index in [1.807, 2.05) is 18.2 Å². The first-order valence-electron chi connectivity index (χ1n) is 6.16. The summed E-state index contributed by atoms with van der Waals surface area (Å²) in [4.78, 5) is 4.65. The molecule has 18 heavy (non-hydrogen) atoms. The minimum absolute atomic E-state index is 0.229. The van der Waals surface area contributed by atoms with Gasteiger partial charge in [-0.15, -0.1) is 11.3 Å². The van der Waals surface area contributed by atoms with Crippen molar-refractivity contribution < 1.29 is 5.11 Å². The third-order valence-electron chi connectivity index (χ3n) is 2.75. The van der Waals surface area contributed by atoms with Crippen LogP contribution in [0.2, 0.25) is 0 Å². The van der Waals surface area contributed by atoms with Crippen molar-refractivity contribution in [1.29, 1.82) is 0 Å². The van der Waals surface area contributed by atoms with Crippen LogP contribution in [0.4, 0.5) is 0 Å². The number of nitrogens with zero attached hydrogens (tertiary/aromatic N) is 1. The van der Waals surface area contributed by atoms with Crippen LogP contribution in [0.15, 0.2) is 35.7 Å². The van der Waals surface area contributed by atoms with Crippen molar-refractivity contribution in [2.24, 2.45) is 0 Å². The Labute approximate surface area is 112 Å². The second kappa shape index (κ2) is 6.64. The topological polar surface area (TPSA) is 45.1 Å². The molecular weight excluding hydrogens is 244 g/mol. The number of thiazole rings is 1. The molecule has 3 nitrogen and oxygen atoms in total. The minimum Gasteiger partial charge on any atom is -0.396 e. The number of hydrogen-bond acceptors (Lipinski definition) is 4. The molecule has 0 aliphatic heterocycles. The highest BCUT2D eigenvalue weighted by atomic mass is 32.1. The van der Waals surface area contributed by atoms with Crippen LogP contribution in [-0.4, -0.2) is 23.2 Å². The van der Waals surface area contributed by atoms with Crippen molar-refractivity contribution in [3.63, 3.8) is 0 Å². The molecule has 1 aromatic carbocycles. The average molecular weight is 262 g/mol. The maximum Gasteiger partial charge on any atom is 0.110 e. The molecule has 0 aliphatic carbocycles. The van der Waals surface area contributed by atoms with Crippen molar-refractivity contribution in [3.05, 3.63) is 40.7 Å². The van der Waals surface area contributed by atoms with Gasteiger partial charge in [-0.1, -0.05) is 30.3 Å². The summed E-state index contributed by atoms with van der Waals surface area (Å²) in [6.07, 6.45) is 0.779. The van der Waals surface area contributed by atoms with E-state index in [2.05, 4.69) is 34.7 Å². The number of rotatable bonds is 6. The maximum atomic E-state index is 8.75. The molecule has 0 saturated carbocycles. The molecule has 0 radical (unpaired) electrons. The quantitative estimate of drug-likeness (QED) is 0.787. The van der Waals surface area contributed by atoms with Gasteiger partial charge in [0.1, 0.15) is 5.01 Å². The molecule has 1 aromatic heterocycles. The lowest BCUT2D eigenvalue weighted by Crippen LogP contribution is -2.20. The van der Waals surface area contributed by atoms with E-state index >= 15 is 0 Å². The summed E-state index contributed by atoms with van der Waals surface area (Å²) in [6, 6.07) is 10.4. The van der Waals surface area contributed by atoms with E-state index < -0.39 is 0 Å². The molecule has 2 N–H and O–H groups in total. The number of aromatic nitrogens is 1. The largest absolute Gasteiger partial charge is 0.396 e. The Bertz CT molecular complexity index is 470. The third-order valence-corrected chi connectivity index (χ3v) is 3.77. The molecule has 0 amide bonds. The van der Waals surface area contributed by atoms with Crippen molar-refractivity contribution in [2.45, 2.75) is 19.4 Å². The summed E-state index contributed by atoms with van der Waals surface area (Å²) in [6.45, 7) is 3.15. The first-order valence-corrected chi connectivity index (χ1v) is 7.04. The van der Waals surface area contributed by atoms with E-state index in [4.69, 9.17) is 5.11 Å². The number of aliphatic hydroxyl groups excluding tert-OH is 1. The fraction of sp³-hybridized carbons (Fsp3) is 0.357. The second-order valence-electron chi connectivity index (χ2n) is 4.19.